The van der Waals surface area contributed by atoms with E-state index in [4.69, 9.17) is 4.74 Å². The van der Waals surface area contributed by atoms with E-state index in [1.807, 2.05) is 25.1 Å². The van der Waals surface area contributed by atoms with Gasteiger partial charge in [-0.1, -0.05) is 31.5 Å². The minimum atomic E-state index is -0.611. The van der Waals surface area contributed by atoms with Gasteiger partial charge < -0.3 is 9.64 Å². The minimum Gasteiger partial charge on any atom is -0.496 e. The van der Waals surface area contributed by atoms with Crippen molar-refractivity contribution in [3.8, 4) is 11.8 Å². The molecule has 0 fully saturated rings. The number of ether oxygens (including phenoxy) is 1. The molecule has 4 nitrogen and oxygen atoms in total. The number of para-hydroxylation sites is 1. The Labute approximate surface area is 114 Å². The molecule has 0 saturated heterocycles. The van der Waals surface area contributed by atoms with Gasteiger partial charge in [-0.05, 0) is 12.5 Å². The average molecular weight is 260 g/mol. The fraction of sp³-hybridized carbons (Fsp3) is 0.467. The summed E-state index contributed by atoms with van der Waals surface area (Å²) in [5.41, 5.74) is 0.722. The Bertz CT molecular complexity index is 465. The highest BCUT2D eigenvalue weighted by molar-refractivity contribution is 5.77. The van der Waals surface area contributed by atoms with Gasteiger partial charge in [0.05, 0.1) is 13.2 Å². The van der Waals surface area contributed by atoms with Crippen LogP contribution in [0.15, 0.2) is 24.3 Å². The van der Waals surface area contributed by atoms with Crippen LogP contribution in [0.3, 0.4) is 0 Å². The first-order valence-electron chi connectivity index (χ1n) is 6.43. The van der Waals surface area contributed by atoms with Crippen LogP contribution in [0.1, 0.15) is 37.8 Å². The Hall–Kier alpha value is -2.02. The lowest BCUT2D eigenvalue weighted by Crippen LogP contribution is -2.30. The van der Waals surface area contributed by atoms with Crippen molar-refractivity contribution in [2.45, 2.75) is 32.2 Å². The molecule has 0 saturated carbocycles. The van der Waals surface area contributed by atoms with Crippen molar-refractivity contribution in [1.82, 2.24) is 4.90 Å². The molecule has 1 rings (SSSR count). The van der Waals surface area contributed by atoms with Crippen LogP contribution < -0.4 is 4.74 Å². The maximum absolute atomic E-state index is 12.0. The largest absolute Gasteiger partial charge is 0.496 e. The van der Waals surface area contributed by atoms with E-state index in [2.05, 4.69) is 6.07 Å². The summed E-state index contributed by atoms with van der Waals surface area (Å²) < 4.78 is 5.25. The van der Waals surface area contributed by atoms with Crippen LogP contribution in [0.4, 0.5) is 0 Å². The first-order chi connectivity index (χ1) is 9.15. The number of amides is 1. The van der Waals surface area contributed by atoms with Crippen molar-refractivity contribution >= 4 is 5.91 Å². The standard InChI is InChI=1S/C15H20N2O2/c1-4-5-10-15(18)17(2)13(11-16)12-8-6-7-9-14(12)19-3/h6-9,13H,4-5,10H2,1-3H3. The van der Waals surface area contributed by atoms with Crippen molar-refractivity contribution in [2.24, 2.45) is 0 Å². The summed E-state index contributed by atoms with van der Waals surface area (Å²) in [7, 11) is 3.23. The average Bonchev–Trinajstić information content (AvgIpc) is 2.45. The number of rotatable bonds is 6. The molecule has 0 bridgehead atoms. The summed E-state index contributed by atoms with van der Waals surface area (Å²) >= 11 is 0. The fourth-order valence-electron chi connectivity index (χ4n) is 1.91. The van der Waals surface area contributed by atoms with Crippen LogP contribution in [0.2, 0.25) is 0 Å². The van der Waals surface area contributed by atoms with Gasteiger partial charge in [0, 0.05) is 19.0 Å². The molecule has 0 aliphatic heterocycles. The second-order valence-corrected chi connectivity index (χ2v) is 4.38. The van der Waals surface area contributed by atoms with Gasteiger partial charge in [0.25, 0.3) is 0 Å². The number of benzene rings is 1. The maximum Gasteiger partial charge on any atom is 0.223 e. The molecule has 102 valence electrons. The first kappa shape index (κ1) is 15.0. The van der Waals surface area contributed by atoms with Crippen molar-refractivity contribution < 1.29 is 9.53 Å². The Kier molecular flexibility index (Phi) is 5.87. The smallest absolute Gasteiger partial charge is 0.223 e. The van der Waals surface area contributed by atoms with Crippen LogP contribution in [-0.2, 0) is 4.79 Å². The molecule has 4 heteroatoms. The minimum absolute atomic E-state index is 0.0145. The van der Waals surface area contributed by atoms with Gasteiger partial charge in [0.15, 0.2) is 0 Å². The van der Waals surface area contributed by atoms with Gasteiger partial charge in [-0.2, -0.15) is 5.26 Å². The molecule has 1 atom stereocenters. The van der Waals surface area contributed by atoms with Gasteiger partial charge in [-0.15, -0.1) is 0 Å². The third-order valence-electron chi connectivity index (χ3n) is 3.08. The van der Waals surface area contributed by atoms with E-state index >= 15 is 0 Å². The maximum atomic E-state index is 12.0. The highest BCUT2D eigenvalue weighted by atomic mass is 16.5. The third-order valence-corrected chi connectivity index (χ3v) is 3.08. The zero-order chi connectivity index (χ0) is 14.3. The number of carbonyl (C=O) groups is 1. The number of hydrogen-bond donors (Lipinski definition) is 0. The van der Waals surface area contributed by atoms with Crippen molar-refractivity contribution in [3.63, 3.8) is 0 Å². The van der Waals surface area contributed by atoms with Crippen molar-refractivity contribution in [3.05, 3.63) is 29.8 Å². The number of nitriles is 1. The van der Waals surface area contributed by atoms with Gasteiger partial charge in [-0.3, -0.25) is 4.79 Å². The molecule has 0 aromatic heterocycles. The van der Waals surface area contributed by atoms with Crippen LogP contribution in [0, 0.1) is 11.3 Å². The number of methoxy groups -OCH3 is 1. The quantitative estimate of drug-likeness (QED) is 0.790. The second kappa shape index (κ2) is 7.42. The van der Waals surface area contributed by atoms with E-state index in [1.165, 1.54) is 4.90 Å². The monoisotopic (exact) mass is 260 g/mol. The summed E-state index contributed by atoms with van der Waals surface area (Å²) in [4.78, 5) is 13.5. The third kappa shape index (κ3) is 3.72. The van der Waals surface area contributed by atoms with Crippen LogP contribution in [-0.4, -0.2) is 25.0 Å². The molecular weight excluding hydrogens is 240 g/mol. The molecule has 1 amide bonds. The summed E-state index contributed by atoms with van der Waals surface area (Å²) in [5.74, 6) is 0.614. The van der Waals surface area contributed by atoms with Crippen molar-refractivity contribution in [2.75, 3.05) is 14.2 Å². The van der Waals surface area contributed by atoms with E-state index in [0.29, 0.717) is 12.2 Å². The van der Waals surface area contributed by atoms with Crippen molar-refractivity contribution in [1.29, 1.82) is 5.26 Å². The molecule has 1 aromatic rings. The van der Waals surface area contributed by atoms with E-state index in [-0.39, 0.29) is 5.91 Å². The molecule has 0 aliphatic rings. The Morgan fingerprint density at radius 1 is 1.47 bits per heavy atom. The molecule has 0 aliphatic carbocycles. The molecule has 0 N–H and O–H groups in total. The highest BCUT2D eigenvalue weighted by Crippen LogP contribution is 2.28. The molecule has 0 radical (unpaired) electrons. The Morgan fingerprint density at radius 3 is 2.74 bits per heavy atom. The van der Waals surface area contributed by atoms with Gasteiger partial charge in [-0.25, -0.2) is 0 Å². The molecular formula is C15H20N2O2. The highest BCUT2D eigenvalue weighted by Gasteiger charge is 2.23. The summed E-state index contributed by atoms with van der Waals surface area (Å²) in [6, 6.07) is 8.86. The molecule has 1 aromatic carbocycles. The van der Waals surface area contributed by atoms with E-state index in [9.17, 15) is 10.1 Å². The Morgan fingerprint density at radius 2 is 2.16 bits per heavy atom. The normalized spacial score (nSPS) is 11.5. The van der Waals surface area contributed by atoms with Gasteiger partial charge in [0.2, 0.25) is 5.91 Å². The summed E-state index contributed by atoms with van der Waals surface area (Å²) in [5, 5.41) is 9.34. The topological polar surface area (TPSA) is 53.3 Å². The number of unbranched alkanes of at least 4 members (excludes halogenated alkanes) is 1. The van der Waals surface area contributed by atoms with Crippen LogP contribution >= 0.6 is 0 Å². The van der Waals surface area contributed by atoms with Crippen LogP contribution in [0.25, 0.3) is 0 Å². The SMILES string of the molecule is CCCCC(=O)N(C)C(C#N)c1ccccc1OC. The lowest BCUT2D eigenvalue weighted by Gasteiger charge is -2.24. The lowest BCUT2D eigenvalue weighted by molar-refractivity contribution is -0.131. The summed E-state index contributed by atoms with van der Waals surface area (Å²) in [6.45, 7) is 2.04. The predicted octanol–water partition coefficient (Wildman–Crippen LogP) is 2.91. The van der Waals surface area contributed by atoms with Crippen LogP contribution in [0.5, 0.6) is 5.75 Å². The van der Waals surface area contributed by atoms with E-state index in [0.717, 1.165) is 18.4 Å². The van der Waals surface area contributed by atoms with E-state index in [1.54, 1.807) is 20.2 Å². The number of carbonyl (C=O) groups excluding carboxylic acids is 1. The molecule has 19 heavy (non-hydrogen) atoms. The Balaban J connectivity index is 2.94. The van der Waals surface area contributed by atoms with Gasteiger partial charge >= 0.3 is 0 Å². The predicted molar refractivity (Wildman–Crippen MR) is 73.6 cm³/mol. The van der Waals surface area contributed by atoms with Gasteiger partial charge in [0.1, 0.15) is 11.8 Å². The first-order valence-corrected chi connectivity index (χ1v) is 6.43. The fourth-order valence-corrected chi connectivity index (χ4v) is 1.91. The zero-order valence-corrected chi connectivity index (χ0v) is 11.7. The number of nitrogens with zero attached hydrogens (tertiary/aromatic N) is 2. The van der Waals surface area contributed by atoms with E-state index < -0.39 is 6.04 Å². The second-order valence-electron chi connectivity index (χ2n) is 4.38. The molecule has 0 spiro atoms. The molecule has 0 heterocycles. The lowest BCUT2D eigenvalue weighted by atomic mass is 10.0. The summed E-state index contributed by atoms with van der Waals surface area (Å²) in [6.07, 6.45) is 2.28. The zero-order valence-electron chi connectivity index (χ0n) is 11.7. The molecule has 1 unspecified atom stereocenters. The number of hydrogen-bond acceptors (Lipinski definition) is 3.